The zero-order valence-corrected chi connectivity index (χ0v) is 14.1. The second-order valence-electron chi connectivity index (χ2n) is 6.24. The van der Waals surface area contributed by atoms with Crippen LogP contribution in [0.15, 0.2) is 6.20 Å². The molecule has 23 heavy (non-hydrogen) atoms. The Morgan fingerprint density at radius 1 is 1.30 bits per heavy atom. The molecule has 1 heterocycles. The van der Waals surface area contributed by atoms with Gasteiger partial charge in [0.15, 0.2) is 0 Å². The first-order valence-electron chi connectivity index (χ1n) is 7.96. The van der Waals surface area contributed by atoms with Crippen LogP contribution in [0.1, 0.15) is 68.2 Å². The molecule has 2 rings (SSSR count). The van der Waals surface area contributed by atoms with Crippen LogP contribution in [-0.2, 0) is 4.79 Å². The van der Waals surface area contributed by atoms with Gasteiger partial charge in [0.2, 0.25) is 0 Å². The van der Waals surface area contributed by atoms with Gasteiger partial charge in [0.05, 0.1) is 17.1 Å². The maximum absolute atomic E-state index is 12.5. The number of carbonyl (C=O) groups is 2. The van der Waals surface area contributed by atoms with Crippen LogP contribution >= 0.6 is 11.6 Å². The van der Waals surface area contributed by atoms with E-state index in [1.54, 1.807) is 0 Å². The lowest BCUT2D eigenvalue weighted by Gasteiger charge is -2.23. The van der Waals surface area contributed by atoms with Crippen molar-refractivity contribution in [3.63, 3.8) is 0 Å². The Morgan fingerprint density at radius 2 is 2.00 bits per heavy atom. The Bertz CT molecular complexity index is 592. The van der Waals surface area contributed by atoms with Crippen LogP contribution in [0.5, 0.6) is 0 Å². The van der Waals surface area contributed by atoms with Gasteiger partial charge >= 0.3 is 5.97 Å². The first-order chi connectivity index (χ1) is 10.9. The van der Waals surface area contributed by atoms with E-state index in [-0.39, 0.29) is 16.6 Å². The lowest BCUT2D eigenvalue weighted by Crippen LogP contribution is -2.43. The molecule has 0 unspecified atom stereocenters. The van der Waals surface area contributed by atoms with E-state index in [1.807, 2.05) is 13.8 Å². The summed E-state index contributed by atoms with van der Waals surface area (Å²) in [4.78, 5) is 32.3. The number of aliphatic carboxylic acids is 1. The van der Waals surface area contributed by atoms with Gasteiger partial charge in [0.1, 0.15) is 11.5 Å². The molecule has 1 aromatic rings. The van der Waals surface area contributed by atoms with E-state index < -0.39 is 23.8 Å². The minimum absolute atomic E-state index is 0.0727. The van der Waals surface area contributed by atoms with Crippen molar-refractivity contribution in [3.8, 4) is 0 Å². The number of amides is 1. The molecule has 0 spiro atoms. The van der Waals surface area contributed by atoms with E-state index in [9.17, 15) is 14.7 Å². The highest BCUT2D eigenvalue weighted by molar-refractivity contribution is 6.33. The molecule has 0 bridgehead atoms. The molecule has 0 saturated heterocycles. The normalized spacial score (nSPS) is 21.7. The Balaban J connectivity index is 2.19. The number of halogens is 1. The molecule has 1 amide bonds. The van der Waals surface area contributed by atoms with Gasteiger partial charge in [0.25, 0.3) is 5.91 Å². The molecular formula is C16H22ClN3O3. The molecule has 7 heteroatoms. The van der Waals surface area contributed by atoms with Gasteiger partial charge in [0, 0.05) is 12.0 Å². The summed E-state index contributed by atoms with van der Waals surface area (Å²) in [6, 6.07) is -0.393. The van der Waals surface area contributed by atoms with E-state index >= 15 is 0 Å². The molecule has 1 aromatic heterocycles. The molecule has 6 nitrogen and oxygen atoms in total. The van der Waals surface area contributed by atoms with Crippen molar-refractivity contribution >= 4 is 23.5 Å². The molecule has 1 aliphatic rings. The van der Waals surface area contributed by atoms with Crippen LogP contribution in [0.4, 0.5) is 0 Å². The lowest BCUT2D eigenvalue weighted by atomic mass is 9.95. The topological polar surface area (TPSA) is 92.2 Å². The van der Waals surface area contributed by atoms with E-state index in [4.69, 9.17) is 11.6 Å². The number of rotatable bonds is 4. The van der Waals surface area contributed by atoms with Crippen molar-refractivity contribution < 1.29 is 14.7 Å². The summed E-state index contributed by atoms with van der Waals surface area (Å²) in [6.07, 6.45) is 5.42. The largest absolute Gasteiger partial charge is 0.481 e. The first kappa shape index (κ1) is 17.7. The smallest absolute Gasteiger partial charge is 0.308 e. The summed E-state index contributed by atoms with van der Waals surface area (Å²) in [6.45, 7) is 3.85. The predicted molar refractivity (Wildman–Crippen MR) is 86.6 cm³/mol. The molecule has 126 valence electrons. The Labute approximate surface area is 140 Å². The Morgan fingerprint density at radius 3 is 2.65 bits per heavy atom. The predicted octanol–water partition coefficient (Wildman–Crippen LogP) is 3.02. The monoisotopic (exact) mass is 339 g/mol. The molecule has 1 saturated carbocycles. The standard InChI is InChI=1S/C16H22ClN3O3/c1-9(2)14-18-8-11(17)13(20-14)15(21)19-12-7-5-3-4-6-10(12)16(22)23/h8-10,12H,3-7H2,1-2H3,(H,19,21)(H,22,23)/t10-,12-/m0/s1. The summed E-state index contributed by atoms with van der Waals surface area (Å²) in [5.74, 6) is -1.25. The van der Waals surface area contributed by atoms with Crippen LogP contribution in [0.2, 0.25) is 5.02 Å². The highest BCUT2D eigenvalue weighted by Gasteiger charge is 2.31. The maximum atomic E-state index is 12.5. The second kappa shape index (κ2) is 7.73. The Kier molecular flexibility index (Phi) is 5.93. The number of carbonyl (C=O) groups excluding carboxylic acids is 1. The number of carboxylic acid groups (broad SMARTS) is 1. The van der Waals surface area contributed by atoms with Gasteiger partial charge in [-0.3, -0.25) is 9.59 Å². The van der Waals surface area contributed by atoms with E-state index in [0.29, 0.717) is 18.7 Å². The molecule has 0 aromatic carbocycles. The van der Waals surface area contributed by atoms with Crippen molar-refractivity contribution in [1.82, 2.24) is 15.3 Å². The highest BCUT2D eigenvalue weighted by Crippen LogP contribution is 2.25. The SMILES string of the molecule is CC(C)c1ncc(Cl)c(C(=O)N[C@H]2CCCCC[C@@H]2C(=O)O)n1. The molecule has 2 atom stereocenters. The number of hydrogen-bond acceptors (Lipinski definition) is 4. The molecular weight excluding hydrogens is 318 g/mol. The van der Waals surface area contributed by atoms with Crippen LogP contribution in [-0.4, -0.2) is 33.0 Å². The second-order valence-corrected chi connectivity index (χ2v) is 6.65. The number of carboxylic acids is 1. The van der Waals surface area contributed by atoms with E-state index in [2.05, 4.69) is 15.3 Å². The maximum Gasteiger partial charge on any atom is 0.308 e. The number of nitrogens with zero attached hydrogens (tertiary/aromatic N) is 2. The number of nitrogens with one attached hydrogen (secondary N) is 1. The van der Waals surface area contributed by atoms with Crippen molar-refractivity contribution in [2.45, 2.75) is 57.9 Å². The number of aromatic nitrogens is 2. The third-order valence-corrected chi connectivity index (χ3v) is 4.42. The van der Waals surface area contributed by atoms with Crippen LogP contribution in [0.25, 0.3) is 0 Å². The van der Waals surface area contributed by atoms with Gasteiger partial charge in [-0.2, -0.15) is 0 Å². The third kappa shape index (κ3) is 4.41. The zero-order chi connectivity index (χ0) is 17.0. The van der Waals surface area contributed by atoms with Crippen LogP contribution < -0.4 is 5.32 Å². The minimum Gasteiger partial charge on any atom is -0.481 e. The van der Waals surface area contributed by atoms with Crippen molar-refractivity contribution in [3.05, 3.63) is 22.7 Å². The van der Waals surface area contributed by atoms with Gasteiger partial charge in [-0.25, -0.2) is 9.97 Å². The fourth-order valence-electron chi connectivity index (χ4n) is 2.83. The molecule has 2 N–H and O–H groups in total. The highest BCUT2D eigenvalue weighted by atomic mass is 35.5. The zero-order valence-electron chi connectivity index (χ0n) is 13.4. The number of hydrogen-bond donors (Lipinski definition) is 2. The fourth-order valence-corrected chi connectivity index (χ4v) is 3.01. The summed E-state index contributed by atoms with van der Waals surface area (Å²) in [5, 5.41) is 12.4. The fraction of sp³-hybridized carbons (Fsp3) is 0.625. The molecule has 1 aliphatic carbocycles. The van der Waals surface area contributed by atoms with Crippen LogP contribution in [0, 0.1) is 5.92 Å². The molecule has 0 aliphatic heterocycles. The van der Waals surface area contributed by atoms with Gasteiger partial charge < -0.3 is 10.4 Å². The van der Waals surface area contributed by atoms with Gasteiger partial charge in [-0.05, 0) is 12.8 Å². The van der Waals surface area contributed by atoms with Crippen LogP contribution in [0.3, 0.4) is 0 Å². The molecule has 0 radical (unpaired) electrons. The quantitative estimate of drug-likeness (QED) is 0.822. The van der Waals surface area contributed by atoms with Gasteiger partial charge in [-0.1, -0.05) is 44.7 Å². The summed E-state index contributed by atoms with van der Waals surface area (Å²) < 4.78 is 0. The summed E-state index contributed by atoms with van der Waals surface area (Å²) in [7, 11) is 0. The van der Waals surface area contributed by atoms with Crippen molar-refractivity contribution in [2.24, 2.45) is 5.92 Å². The Hall–Kier alpha value is -1.69. The minimum atomic E-state index is -0.867. The average Bonchev–Trinajstić information content (AvgIpc) is 2.72. The lowest BCUT2D eigenvalue weighted by molar-refractivity contribution is -0.142. The van der Waals surface area contributed by atoms with E-state index in [0.717, 1.165) is 19.3 Å². The summed E-state index contributed by atoms with van der Waals surface area (Å²) in [5.41, 5.74) is 0.110. The summed E-state index contributed by atoms with van der Waals surface area (Å²) >= 11 is 6.04. The van der Waals surface area contributed by atoms with Crippen molar-refractivity contribution in [2.75, 3.05) is 0 Å². The third-order valence-electron chi connectivity index (χ3n) is 4.14. The first-order valence-corrected chi connectivity index (χ1v) is 8.34. The van der Waals surface area contributed by atoms with E-state index in [1.165, 1.54) is 6.20 Å². The molecule has 1 fully saturated rings. The van der Waals surface area contributed by atoms with Crippen molar-refractivity contribution in [1.29, 1.82) is 0 Å². The average molecular weight is 340 g/mol. The van der Waals surface area contributed by atoms with Gasteiger partial charge in [-0.15, -0.1) is 0 Å².